The molecule has 8 nitrogen and oxygen atoms in total. The number of methoxy groups -OCH3 is 5. The summed E-state index contributed by atoms with van der Waals surface area (Å²) < 4.78 is 32.7. The molecule has 2 atom stereocenters. The number of ketones is 1. The molecule has 0 amide bonds. The first-order valence-electron chi connectivity index (χ1n) is 8.37. The molecular weight excluding hydrogens is 368 g/mol. The van der Waals surface area contributed by atoms with Crippen molar-refractivity contribution < 1.29 is 38.3 Å². The Morgan fingerprint density at radius 1 is 0.857 bits per heavy atom. The molecular formula is C20H22O8. The molecule has 0 bridgehead atoms. The van der Waals surface area contributed by atoms with Crippen molar-refractivity contribution in [2.24, 2.45) is 0 Å². The van der Waals surface area contributed by atoms with Crippen LogP contribution in [0, 0.1) is 0 Å². The van der Waals surface area contributed by atoms with E-state index in [1.54, 1.807) is 24.3 Å². The van der Waals surface area contributed by atoms with Crippen LogP contribution in [0.2, 0.25) is 0 Å². The van der Waals surface area contributed by atoms with Gasteiger partial charge in [-0.2, -0.15) is 0 Å². The standard InChI is InChI=1S/C20H22O8/c1-23-13-7-8-14-16(11-13)28-20(27-5,19(22,26-4)18(14)21)12-6-9-15(24-2)17(10-12)25-3/h6-11,22H,1-5H3/t19-,20-/m1/s1. The normalized spacial score (nSPS) is 23.6. The van der Waals surface area contributed by atoms with E-state index in [0.717, 1.165) is 0 Å². The van der Waals surface area contributed by atoms with Crippen molar-refractivity contribution in [3.05, 3.63) is 47.5 Å². The first-order chi connectivity index (χ1) is 13.4. The number of rotatable bonds is 6. The lowest BCUT2D eigenvalue weighted by molar-refractivity contribution is -0.346. The number of fused-ring (bicyclic) bond motifs is 1. The van der Waals surface area contributed by atoms with Gasteiger partial charge in [0, 0.05) is 25.8 Å². The molecule has 0 saturated carbocycles. The summed E-state index contributed by atoms with van der Waals surface area (Å²) in [6, 6.07) is 9.37. The quantitative estimate of drug-likeness (QED) is 0.750. The second-order valence-corrected chi connectivity index (χ2v) is 6.03. The number of carbonyl (C=O) groups excluding carboxylic acids is 1. The molecule has 8 heteroatoms. The molecule has 0 fully saturated rings. The number of ether oxygens (including phenoxy) is 6. The monoisotopic (exact) mass is 390 g/mol. The third-order valence-electron chi connectivity index (χ3n) is 4.79. The van der Waals surface area contributed by atoms with Gasteiger partial charge in [-0.25, -0.2) is 0 Å². The highest BCUT2D eigenvalue weighted by atomic mass is 16.8. The first kappa shape index (κ1) is 19.9. The molecule has 28 heavy (non-hydrogen) atoms. The van der Waals surface area contributed by atoms with Gasteiger partial charge in [0.1, 0.15) is 11.5 Å². The van der Waals surface area contributed by atoms with E-state index in [1.165, 1.54) is 47.7 Å². The zero-order valence-electron chi connectivity index (χ0n) is 16.3. The molecule has 0 aromatic heterocycles. The Morgan fingerprint density at radius 3 is 2.14 bits per heavy atom. The van der Waals surface area contributed by atoms with Crippen LogP contribution in [-0.2, 0) is 15.3 Å². The Bertz CT molecular complexity index is 896. The molecule has 1 N–H and O–H groups in total. The predicted molar refractivity (Wildman–Crippen MR) is 98.1 cm³/mol. The van der Waals surface area contributed by atoms with Crippen LogP contribution in [-0.4, -0.2) is 52.2 Å². The Kier molecular flexibility index (Phi) is 5.20. The highest BCUT2D eigenvalue weighted by Crippen LogP contribution is 2.48. The van der Waals surface area contributed by atoms with E-state index < -0.39 is 17.4 Å². The summed E-state index contributed by atoms with van der Waals surface area (Å²) in [5.74, 6) is -3.68. The lowest BCUT2D eigenvalue weighted by atomic mass is 9.86. The number of hydrogen-bond donors (Lipinski definition) is 1. The van der Waals surface area contributed by atoms with Crippen molar-refractivity contribution in [1.82, 2.24) is 0 Å². The zero-order valence-corrected chi connectivity index (χ0v) is 16.3. The van der Waals surface area contributed by atoms with Gasteiger partial charge in [0.05, 0.1) is 26.9 Å². The molecule has 1 aliphatic rings. The van der Waals surface area contributed by atoms with Gasteiger partial charge >= 0.3 is 5.79 Å². The Hall–Kier alpha value is -2.81. The molecule has 2 aromatic rings. The van der Waals surface area contributed by atoms with Crippen molar-refractivity contribution in [3.63, 3.8) is 0 Å². The molecule has 2 aromatic carbocycles. The van der Waals surface area contributed by atoms with Crippen molar-refractivity contribution in [2.45, 2.75) is 11.6 Å². The Balaban J connectivity index is 2.26. The minimum atomic E-state index is -2.46. The summed E-state index contributed by atoms with van der Waals surface area (Å²) in [6.45, 7) is 0. The van der Waals surface area contributed by atoms with Gasteiger partial charge in [0.25, 0.3) is 5.79 Å². The van der Waals surface area contributed by atoms with Gasteiger partial charge in [-0.1, -0.05) is 0 Å². The van der Waals surface area contributed by atoms with Gasteiger partial charge in [-0.3, -0.25) is 4.79 Å². The molecule has 0 radical (unpaired) electrons. The fraction of sp³-hybridized carbons (Fsp3) is 0.350. The molecule has 0 saturated heterocycles. The zero-order chi connectivity index (χ0) is 20.5. The van der Waals surface area contributed by atoms with E-state index in [4.69, 9.17) is 28.4 Å². The molecule has 150 valence electrons. The average Bonchev–Trinajstić information content (AvgIpc) is 2.75. The summed E-state index contributed by atoms with van der Waals surface area (Å²) in [5.41, 5.74) is 0.428. The Labute approximate surface area is 162 Å². The van der Waals surface area contributed by atoms with Crippen LogP contribution in [0.5, 0.6) is 23.0 Å². The molecule has 1 heterocycles. The fourth-order valence-corrected chi connectivity index (χ4v) is 3.28. The third-order valence-corrected chi connectivity index (χ3v) is 4.79. The van der Waals surface area contributed by atoms with E-state index in [9.17, 15) is 9.90 Å². The summed E-state index contributed by atoms with van der Waals surface area (Å²) >= 11 is 0. The van der Waals surface area contributed by atoms with Crippen LogP contribution in [0.25, 0.3) is 0 Å². The van der Waals surface area contributed by atoms with E-state index in [1.807, 2.05) is 0 Å². The van der Waals surface area contributed by atoms with E-state index in [2.05, 4.69) is 0 Å². The molecule has 0 unspecified atom stereocenters. The summed E-state index contributed by atoms with van der Waals surface area (Å²) in [5, 5.41) is 11.3. The molecule has 3 rings (SSSR count). The van der Waals surface area contributed by atoms with Gasteiger partial charge < -0.3 is 33.5 Å². The molecule has 0 aliphatic carbocycles. The van der Waals surface area contributed by atoms with E-state index in [-0.39, 0.29) is 11.3 Å². The highest BCUT2D eigenvalue weighted by molar-refractivity contribution is 6.05. The van der Waals surface area contributed by atoms with E-state index in [0.29, 0.717) is 22.8 Å². The predicted octanol–water partition coefficient (Wildman–Crippen LogP) is 2.12. The van der Waals surface area contributed by atoms with Gasteiger partial charge in [-0.05, 0) is 30.3 Å². The third kappa shape index (κ3) is 2.69. The number of benzene rings is 2. The molecule has 1 aliphatic heterocycles. The van der Waals surface area contributed by atoms with Gasteiger partial charge in [-0.15, -0.1) is 0 Å². The maximum absolute atomic E-state index is 13.2. The smallest absolute Gasteiger partial charge is 0.304 e. The SMILES string of the molecule is COc1ccc2c(c1)O[C@](OC)(c1ccc(OC)c(OC)c1)[C@](O)(OC)C2=O. The first-order valence-corrected chi connectivity index (χ1v) is 8.37. The van der Waals surface area contributed by atoms with Crippen LogP contribution in [0.1, 0.15) is 15.9 Å². The molecule has 0 spiro atoms. The highest BCUT2D eigenvalue weighted by Gasteiger charge is 2.65. The topological polar surface area (TPSA) is 92.7 Å². The summed E-state index contributed by atoms with van der Waals surface area (Å²) in [7, 11) is 6.97. The maximum Gasteiger partial charge on any atom is 0.304 e. The van der Waals surface area contributed by atoms with Crippen LogP contribution >= 0.6 is 0 Å². The van der Waals surface area contributed by atoms with Crippen molar-refractivity contribution in [2.75, 3.05) is 35.5 Å². The largest absolute Gasteiger partial charge is 0.497 e. The van der Waals surface area contributed by atoms with Gasteiger partial charge in [0.15, 0.2) is 11.5 Å². The number of Topliss-reactive ketones (excluding diaryl/α,β-unsaturated/α-hetero) is 1. The minimum absolute atomic E-state index is 0.137. The summed E-state index contributed by atoms with van der Waals surface area (Å²) in [6.07, 6.45) is 0. The maximum atomic E-state index is 13.2. The lowest BCUT2D eigenvalue weighted by Crippen LogP contribution is -2.64. The number of hydrogen-bond acceptors (Lipinski definition) is 8. The second-order valence-electron chi connectivity index (χ2n) is 6.03. The van der Waals surface area contributed by atoms with Crippen molar-refractivity contribution in [1.29, 1.82) is 0 Å². The lowest BCUT2D eigenvalue weighted by Gasteiger charge is -2.46. The van der Waals surface area contributed by atoms with Crippen LogP contribution in [0.4, 0.5) is 0 Å². The summed E-state index contributed by atoms with van der Waals surface area (Å²) in [4.78, 5) is 13.2. The number of aliphatic hydroxyl groups is 1. The van der Waals surface area contributed by atoms with Gasteiger partial charge in [0.2, 0.25) is 5.78 Å². The fourth-order valence-electron chi connectivity index (χ4n) is 3.28. The second kappa shape index (κ2) is 7.31. The van der Waals surface area contributed by atoms with Crippen molar-refractivity contribution in [3.8, 4) is 23.0 Å². The van der Waals surface area contributed by atoms with Crippen LogP contribution < -0.4 is 18.9 Å². The number of carbonyl (C=O) groups is 1. The van der Waals surface area contributed by atoms with Crippen LogP contribution in [0.3, 0.4) is 0 Å². The minimum Gasteiger partial charge on any atom is -0.497 e. The Morgan fingerprint density at radius 2 is 1.57 bits per heavy atom. The van der Waals surface area contributed by atoms with Crippen LogP contribution in [0.15, 0.2) is 36.4 Å². The average molecular weight is 390 g/mol. The van der Waals surface area contributed by atoms with E-state index >= 15 is 0 Å². The van der Waals surface area contributed by atoms with Crippen molar-refractivity contribution >= 4 is 5.78 Å².